The van der Waals surface area contributed by atoms with Gasteiger partial charge in [-0.3, -0.25) is 14.3 Å². The number of pyridine rings is 1. The maximum absolute atomic E-state index is 14.3. The third-order valence-corrected chi connectivity index (χ3v) is 5.89. The molecule has 212 valence electrons. The molecule has 14 heteroatoms. The molecule has 1 aliphatic rings. The van der Waals surface area contributed by atoms with Gasteiger partial charge in [-0.1, -0.05) is 12.1 Å². The van der Waals surface area contributed by atoms with Crippen molar-refractivity contribution in [1.29, 1.82) is 0 Å². The first-order valence-electron chi connectivity index (χ1n) is 11.8. The van der Waals surface area contributed by atoms with Crippen LogP contribution in [0.5, 0.6) is 0 Å². The van der Waals surface area contributed by atoms with Crippen molar-refractivity contribution < 1.29 is 35.5 Å². The molecule has 0 saturated carbocycles. The Hall–Kier alpha value is -3.68. The fraction of sp³-hybridized carbons (Fsp3) is 0.400. The number of nitrogens with zero attached hydrogens (tertiary/aromatic N) is 5. The van der Waals surface area contributed by atoms with E-state index in [9.17, 15) is 35.5 Å². The van der Waals surface area contributed by atoms with Gasteiger partial charge in [0, 0.05) is 43.7 Å². The van der Waals surface area contributed by atoms with Crippen molar-refractivity contribution >= 4 is 11.6 Å². The molecule has 1 saturated heterocycles. The van der Waals surface area contributed by atoms with Crippen LogP contribution < -0.4 is 15.4 Å². The van der Waals surface area contributed by atoms with Crippen molar-refractivity contribution in [3.63, 3.8) is 0 Å². The predicted molar refractivity (Wildman–Crippen MR) is 131 cm³/mol. The highest BCUT2D eigenvalue weighted by Gasteiger charge is 2.31. The Morgan fingerprint density at radius 1 is 1.15 bits per heavy atom. The summed E-state index contributed by atoms with van der Waals surface area (Å²) >= 11 is 0. The maximum atomic E-state index is 14.3. The Kier molecular flexibility index (Phi) is 9.89. The lowest BCUT2D eigenvalue weighted by Crippen LogP contribution is -2.41. The Bertz CT molecular complexity index is 1280. The molecule has 3 heterocycles. The number of rotatable bonds is 6. The van der Waals surface area contributed by atoms with Gasteiger partial charge in [-0.25, -0.2) is 9.37 Å². The van der Waals surface area contributed by atoms with Crippen molar-refractivity contribution in [3.8, 4) is 11.3 Å². The quantitative estimate of drug-likeness (QED) is 0.389. The van der Waals surface area contributed by atoms with Gasteiger partial charge < -0.3 is 14.5 Å². The lowest BCUT2D eigenvalue weighted by molar-refractivity contribution is -0.119. The third-order valence-electron chi connectivity index (χ3n) is 5.89. The van der Waals surface area contributed by atoms with Gasteiger partial charge in [-0.15, -0.1) is 0 Å². The molecular weight excluding hydrogens is 535 g/mol. The molecule has 0 aliphatic carbocycles. The summed E-state index contributed by atoms with van der Waals surface area (Å²) in [5, 5.41) is 0. The largest absolute Gasteiger partial charge is 0.405 e. The van der Waals surface area contributed by atoms with Gasteiger partial charge in [0.05, 0.1) is 25.0 Å². The molecule has 2 aromatic heterocycles. The normalized spacial score (nSPS) is 15.6. The number of hydrogen-bond donors (Lipinski definition) is 0. The molecule has 0 N–H and O–H groups in total. The van der Waals surface area contributed by atoms with Crippen LogP contribution in [0, 0.1) is 5.82 Å². The summed E-state index contributed by atoms with van der Waals surface area (Å²) in [6, 6.07) is 9.53. The summed E-state index contributed by atoms with van der Waals surface area (Å²) in [6.45, 7) is -1.62. The molecular formula is C25H26F7N5O2. The Balaban J connectivity index is 0.000000983. The van der Waals surface area contributed by atoms with E-state index in [0.29, 0.717) is 31.3 Å². The Morgan fingerprint density at radius 2 is 1.82 bits per heavy atom. The monoisotopic (exact) mass is 561 g/mol. The zero-order valence-corrected chi connectivity index (χ0v) is 21.0. The SMILES string of the molecule is CCN(CC(F)(F)F)c1ccc(C2CN(c3nc(-c4ccncc4F)cc(=O)n3C)CCO2)cc1.FC(F)F. The molecule has 0 spiro atoms. The van der Waals surface area contributed by atoms with Gasteiger partial charge >= 0.3 is 12.9 Å². The minimum absolute atomic E-state index is 0.179. The standard InChI is InChI=1S/C24H25F4N5O2.CHF3/c1-3-32(15-24(26,27)28)17-6-4-16(5-7-17)21-14-33(10-11-35-21)23-30-20(12-22(34)31(23)2)18-8-9-29-13-19(18)25;2-1(3)4/h4-9,12-13,21H,3,10-11,14-15H2,1-2H3;1H. The van der Waals surface area contributed by atoms with Gasteiger partial charge in [-0.2, -0.15) is 26.3 Å². The summed E-state index contributed by atoms with van der Waals surface area (Å²) in [7, 11) is 1.59. The van der Waals surface area contributed by atoms with Crippen LogP contribution in [0.4, 0.5) is 42.4 Å². The second-order valence-electron chi connectivity index (χ2n) is 8.47. The Morgan fingerprint density at radius 3 is 2.41 bits per heavy atom. The summed E-state index contributed by atoms with van der Waals surface area (Å²) in [5.74, 6) is -0.207. The summed E-state index contributed by atoms with van der Waals surface area (Å²) in [6.07, 6.45) is -2.18. The number of benzene rings is 1. The van der Waals surface area contributed by atoms with E-state index in [1.54, 1.807) is 38.2 Å². The molecule has 1 fully saturated rings. The number of halogens is 7. The first kappa shape index (κ1) is 29.9. The highest BCUT2D eigenvalue weighted by atomic mass is 19.4. The molecule has 1 atom stereocenters. The number of morpholine rings is 1. The van der Waals surface area contributed by atoms with Crippen LogP contribution in [-0.4, -0.2) is 60.2 Å². The predicted octanol–water partition coefficient (Wildman–Crippen LogP) is 5.13. The Labute approximate surface area is 219 Å². The second-order valence-corrected chi connectivity index (χ2v) is 8.47. The summed E-state index contributed by atoms with van der Waals surface area (Å²) < 4.78 is 89.1. The molecule has 4 rings (SSSR count). The van der Waals surface area contributed by atoms with Crippen LogP contribution in [0.25, 0.3) is 11.3 Å². The average molecular weight is 562 g/mol. The van der Waals surface area contributed by atoms with Gasteiger partial charge in [0.25, 0.3) is 5.56 Å². The number of hydrogen-bond acceptors (Lipinski definition) is 6. The molecule has 7 nitrogen and oxygen atoms in total. The van der Waals surface area contributed by atoms with Crippen molar-refractivity contribution in [1.82, 2.24) is 14.5 Å². The van der Waals surface area contributed by atoms with E-state index < -0.39 is 25.2 Å². The number of alkyl halides is 6. The van der Waals surface area contributed by atoms with Gasteiger partial charge in [-0.05, 0) is 30.7 Å². The topological polar surface area (TPSA) is 63.5 Å². The summed E-state index contributed by atoms with van der Waals surface area (Å²) in [4.78, 5) is 24.0. The van der Waals surface area contributed by atoms with Crippen LogP contribution in [-0.2, 0) is 11.8 Å². The molecule has 3 aromatic rings. The van der Waals surface area contributed by atoms with Crippen molar-refractivity contribution in [3.05, 3.63) is 70.5 Å². The van der Waals surface area contributed by atoms with E-state index >= 15 is 0 Å². The van der Waals surface area contributed by atoms with Crippen LogP contribution in [0.15, 0.2) is 53.6 Å². The molecule has 39 heavy (non-hydrogen) atoms. The first-order valence-corrected chi connectivity index (χ1v) is 11.8. The van der Waals surface area contributed by atoms with E-state index in [4.69, 9.17) is 4.74 Å². The van der Waals surface area contributed by atoms with Crippen LogP contribution >= 0.6 is 0 Å². The molecule has 0 bridgehead atoms. The number of aromatic nitrogens is 3. The van der Waals surface area contributed by atoms with Gasteiger partial charge in [0.1, 0.15) is 12.6 Å². The first-order chi connectivity index (χ1) is 18.4. The third kappa shape index (κ3) is 8.15. The second kappa shape index (κ2) is 12.9. The molecule has 1 unspecified atom stereocenters. The maximum Gasteiger partial charge on any atom is 0.405 e. The van der Waals surface area contributed by atoms with E-state index in [2.05, 4.69) is 9.97 Å². The van der Waals surface area contributed by atoms with Crippen LogP contribution in [0.1, 0.15) is 18.6 Å². The van der Waals surface area contributed by atoms with Crippen LogP contribution in [0.2, 0.25) is 0 Å². The van der Waals surface area contributed by atoms with E-state index in [-0.39, 0.29) is 29.5 Å². The van der Waals surface area contributed by atoms with Crippen molar-refractivity contribution in [2.24, 2.45) is 7.05 Å². The van der Waals surface area contributed by atoms with Crippen molar-refractivity contribution in [2.75, 3.05) is 42.6 Å². The molecule has 1 aliphatic heterocycles. The van der Waals surface area contributed by atoms with Gasteiger partial charge in [0.15, 0.2) is 5.82 Å². The summed E-state index contributed by atoms with van der Waals surface area (Å²) in [5.41, 5.74) is 1.32. The van der Waals surface area contributed by atoms with E-state index in [1.165, 1.54) is 27.8 Å². The van der Waals surface area contributed by atoms with Crippen LogP contribution in [0.3, 0.4) is 0 Å². The number of ether oxygens (including phenoxy) is 1. The highest BCUT2D eigenvalue weighted by Crippen LogP contribution is 2.29. The molecule has 0 amide bonds. The highest BCUT2D eigenvalue weighted by molar-refractivity contribution is 5.60. The average Bonchev–Trinajstić information content (AvgIpc) is 2.88. The van der Waals surface area contributed by atoms with E-state index in [0.717, 1.165) is 11.8 Å². The van der Waals surface area contributed by atoms with Crippen molar-refractivity contribution in [2.45, 2.75) is 25.9 Å². The van der Waals surface area contributed by atoms with Gasteiger partial charge in [0.2, 0.25) is 5.95 Å². The smallest absolute Gasteiger partial charge is 0.370 e. The fourth-order valence-electron chi connectivity index (χ4n) is 4.07. The van der Waals surface area contributed by atoms with E-state index in [1.807, 2.05) is 4.90 Å². The number of anilines is 2. The lowest BCUT2D eigenvalue weighted by Gasteiger charge is -2.35. The minimum Gasteiger partial charge on any atom is -0.370 e. The lowest BCUT2D eigenvalue weighted by atomic mass is 10.1. The fourth-order valence-corrected chi connectivity index (χ4v) is 4.07. The molecule has 0 radical (unpaired) electrons. The molecule has 1 aromatic carbocycles. The zero-order chi connectivity index (χ0) is 28.7. The zero-order valence-electron chi connectivity index (χ0n) is 21.0. The minimum atomic E-state index is -4.29.